The van der Waals surface area contributed by atoms with Crippen LogP contribution in [0.5, 0.6) is 0 Å². The van der Waals surface area contributed by atoms with Gasteiger partial charge in [-0.2, -0.15) is 11.8 Å². The second-order valence-electron chi connectivity index (χ2n) is 4.95. The Labute approximate surface area is 117 Å². The van der Waals surface area contributed by atoms with E-state index in [1.165, 1.54) is 0 Å². The molecule has 0 aromatic carbocycles. The number of rotatable bonds is 5. The Bertz CT molecular complexity index is 435. The summed E-state index contributed by atoms with van der Waals surface area (Å²) >= 11 is 1.71. The largest absolute Gasteiger partial charge is 0.359 e. The number of aryl methyl sites for hydroxylation is 1. The lowest BCUT2D eigenvalue weighted by Crippen LogP contribution is -2.43. The summed E-state index contributed by atoms with van der Waals surface area (Å²) in [6, 6.07) is 1.51. The molecule has 106 valence electrons. The van der Waals surface area contributed by atoms with E-state index >= 15 is 0 Å². The van der Waals surface area contributed by atoms with E-state index in [4.69, 9.17) is 10.3 Å². The molecular weight excluding hydrogens is 262 g/mol. The molecule has 2 heterocycles. The number of likely N-dealkylation sites (tertiary alicyclic amines) is 1. The van der Waals surface area contributed by atoms with E-state index < -0.39 is 6.04 Å². The maximum absolute atomic E-state index is 12.4. The van der Waals surface area contributed by atoms with E-state index in [0.717, 1.165) is 43.0 Å². The fraction of sp³-hybridized carbons (Fsp3) is 0.692. The SMILES string of the molecule is CSCC[C@@H](N)C(=O)N1CCCC1c1cc(C)no1. The lowest BCUT2D eigenvalue weighted by Gasteiger charge is -2.25. The van der Waals surface area contributed by atoms with Gasteiger partial charge in [-0.3, -0.25) is 4.79 Å². The molecule has 1 aliphatic heterocycles. The molecule has 0 aliphatic carbocycles. The number of nitrogens with two attached hydrogens (primary N) is 1. The van der Waals surface area contributed by atoms with Crippen LogP contribution in [0.15, 0.2) is 10.6 Å². The Morgan fingerprint density at radius 3 is 3.16 bits per heavy atom. The molecule has 19 heavy (non-hydrogen) atoms. The van der Waals surface area contributed by atoms with Crippen LogP contribution in [0.2, 0.25) is 0 Å². The molecule has 0 spiro atoms. The highest BCUT2D eigenvalue weighted by Crippen LogP contribution is 2.32. The molecule has 0 bridgehead atoms. The van der Waals surface area contributed by atoms with Crippen LogP contribution in [0, 0.1) is 6.92 Å². The zero-order valence-corrected chi connectivity index (χ0v) is 12.3. The van der Waals surface area contributed by atoms with E-state index in [2.05, 4.69) is 5.16 Å². The normalized spacial score (nSPS) is 20.8. The van der Waals surface area contributed by atoms with Crippen LogP contribution < -0.4 is 5.73 Å². The first-order valence-electron chi connectivity index (χ1n) is 6.61. The number of thioether (sulfide) groups is 1. The predicted octanol–water partition coefficient (Wildman–Crippen LogP) is 1.73. The van der Waals surface area contributed by atoms with Crippen LogP contribution in [0.4, 0.5) is 0 Å². The molecule has 1 amide bonds. The van der Waals surface area contributed by atoms with E-state index in [1.807, 2.05) is 24.1 Å². The Hall–Kier alpha value is -1.01. The van der Waals surface area contributed by atoms with Crippen LogP contribution >= 0.6 is 11.8 Å². The van der Waals surface area contributed by atoms with Gasteiger partial charge in [-0.1, -0.05) is 5.16 Å². The van der Waals surface area contributed by atoms with Crippen molar-refractivity contribution in [2.75, 3.05) is 18.6 Å². The molecule has 1 saturated heterocycles. The minimum Gasteiger partial charge on any atom is -0.359 e. The molecule has 1 aromatic rings. The number of aromatic nitrogens is 1. The lowest BCUT2D eigenvalue weighted by molar-refractivity contribution is -0.133. The Morgan fingerprint density at radius 1 is 1.74 bits per heavy atom. The van der Waals surface area contributed by atoms with Gasteiger partial charge in [0.2, 0.25) is 5.91 Å². The van der Waals surface area contributed by atoms with E-state index in [0.29, 0.717) is 0 Å². The average molecular weight is 283 g/mol. The standard InChI is InChI=1S/C13H21N3O2S/c1-9-8-12(18-15-9)11-4-3-6-16(11)13(17)10(14)5-7-19-2/h8,10-11H,3-7,14H2,1-2H3/t10-,11?/m1/s1. The third-order valence-electron chi connectivity index (χ3n) is 3.46. The average Bonchev–Trinajstić information content (AvgIpc) is 3.03. The van der Waals surface area contributed by atoms with Crippen molar-refractivity contribution in [2.45, 2.75) is 38.3 Å². The maximum atomic E-state index is 12.4. The van der Waals surface area contributed by atoms with Crippen LogP contribution in [0.1, 0.15) is 36.8 Å². The molecule has 1 fully saturated rings. The van der Waals surface area contributed by atoms with Gasteiger partial charge in [0.1, 0.15) is 0 Å². The van der Waals surface area contributed by atoms with Crippen LogP contribution in [0.3, 0.4) is 0 Å². The molecule has 0 radical (unpaired) electrons. The van der Waals surface area contributed by atoms with Crippen molar-refractivity contribution in [1.29, 1.82) is 0 Å². The van der Waals surface area contributed by atoms with Crippen LogP contribution in [-0.4, -0.2) is 40.6 Å². The number of nitrogens with zero attached hydrogens (tertiary/aromatic N) is 2. The number of carbonyl (C=O) groups is 1. The molecule has 1 unspecified atom stereocenters. The maximum Gasteiger partial charge on any atom is 0.240 e. The quantitative estimate of drug-likeness (QED) is 0.891. The zero-order chi connectivity index (χ0) is 13.8. The van der Waals surface area contributed by atoms with Gasteiger partial charge in [0.15, 0.2) is 5.76 Å². The summed E-state index contributed by atoms with van der Waals surface area (Å²) in [5.41, 5.74) is 6.83. The summed E-state index contributed by atoms with van der Waals surface area (Å²) in [4.78, 5) is 14.2. The van der Waals surface area contributed by atoms with Crippen molar-refractivity contribution in [3.05, 3.63) is 17.5 Å². The number of carbonyl (C=O) groups excluding carboxylic acids is 1. The van der Waals surface area contributed by atoms with Gasteiger partial charge >= 0.3 is 0 Å². The minimum atomic E-state index is -0.405. The lowest BCUT2D eigenvalue weighted by atomic mass is 10.1. The number of hydrogen-bond acceptors (Lipinski definition) is 5. The summed E-state index contributed by atoms with van der Waals surface area (Å²) in [5, 5.41) is 3.90. The third-order valence-corrected chi connectivity index (χ3v) is 4.10. The first-order valence-corrected chi connectivity index (χ1v) is 8.01. The summed E-state index contributed by atoms with van der Waals surface area (Å²) < 4.78 is 5.30. The Balaban J connectivity index is 2.04. The highest BCUT2D eigenvalue weighted by atomic mass is 32.2. The summed E-state index contributed by atoms with van der Waals surface area (Å²) in [7, 11) is 0. The van der Waals surface area contributed by atoms with Gasteiger partial charge in [-0.05, 0) is 38.2 Å². The van der Waals surface area contributed by atoms with Crippen molar-refractivity contribution >= 4 is 17.7 Å². The van der Waals surface area contributed by atoms with Crippen molar-refractivity contribution in [3.8, 4) is 0 Å². The van der Waals surface area contributed by atoms with Gasteiger partial charge in [0, 0.05) is 12.6 Å². The van der Waals surface area contributed by atoms with Crippen molar-refractivity contribution in [2.24, 2.45) is 5.73 Å². The highest BCUT2D eigenvalue weighted by Gasteiger charge is 2.34. The van der Waals surface area contributed by atoms with Crippen molar-refractivity contribution in [1.82, 2.24) is 10.1 Å². The van der Waals surface area contributed by atoms with E-state index in [-0.39, 0.29) is 11.9 Å². The summed E-state index contributed by atoms with van der Waals surface area (Å²) in [6.45, 7) is 2.65. The first kappa shape index (κ1) is 14.4. The minimum absolute atomic E-state index is 0.00836. The Morgan fingerprint density at radius 2 is 2.53 bits per heavy atom. The van der Waals surface area contributed by atoms with Gasteiger partial charge in [0.25, 0.3) is 0 Å². The molecular formula is C13H21N3O2S. The van der Waals surface area contributed by atoms with Crippen LogP contribution in [-0.2, 0) is 4.79 Å². The smallest absolute Gasteiger partial charge is 0.240 e. The van der Waals surface area contributed by atoms with E-state index in [1.54, 1.807) is 11.8 Å². The fourth-order valence-corrected chi connectivity index (χ4v) is 2.94. The first-order chi connectivity index (χ1) is 9.13. The molecule has 5 nitrogen and oxygen atoms in total. The van der Waals surface area contributed by atoms with Crippen LogP contribution in [0.25, 0.3) is 0 Å². The second kappa shape index (κ2) is 6.43. The number of amides is 1. The predicted molar refractivity (Wildman–Crippen MR) is 75.9 cm³/mol. The van der Waals surface area contributed by atoms with Gasteiger partial charge in [-0.25, -0.2) is 0 Å². The van der Waals surface area contributed by atoms with Gasteiger partial charge < -0.3 is 15.2 Å². The topological polar surface area (TPSA) is 72.4 Å². The van der Waals surface area contributed by atoms with Gasteiger partial charge in [0.05, 0.1) is 17.8 Å². The van der Waals surface area contributed by atoms with Crippen molar-refractivity contribution < 1.29 is 9.32 Å². The fourth-order valence-electron chi connectivity index (χ4n) is 2.45. The third kappa shape index (κ3) is 3.30. The molecule has 2 atom stereocenters. The molecule has 0 saturated carbocycles. The highest BCUT2D eigenvalue weighted by molar-refractivity contribution is 7.98. The molecule has 1 aliphatic rings. The molecule has 6 heteroatoms. The van der Waals surface area contributed by atoms with E-state index in [9.17, 15) is 4.79 Å². The molecule has 2 N–H and O–H groups in total. The molecule has 1 aromatic heterocycles. The monoisotopic (exact) mass is 283 g/mol. The Kier molecular flexibility index (Phi) is 4.87. The van der Waals surface area contributed by atoms with Crippen molar-refractivity contribution in [3.63, 3.8) is 0 Å². The van der Waals surface area contributed by atoms with Gasteiger partial charge in [-0.15, -0.1) is 0 Å². The summed E-state index contributed by atoms with van der Waals surface area (Å²) in [5.74, 6) is 1.72. The second-order valence-corrected chi connectivity index (χ2v) is 5.93. The molecule has 2 rings (SSSR count). The summed E-state index contributed by atoms with van der Waals surface area (Å²) in [6.07, 6.45) is 4.66. The number of hydrogen-bond donors (Lipinski definition) is 1. The zero-order valence-electron chi connectivity index (χ0n) is 11.5.